The lowest BCUT2D eigenvalue weighted by Gasteiger charge is -2.33. The summed E-state index contributed by atoms with van der Waals surface area (Å²) in [5, 5.41) is 0. The molecule has 0 aliphatic carbocycles. The largest absolute Gasteiger partial charge is 0.497 e. The third-order valence-corrected chi connectivity index (χ3v) is 6.29. The molecule has 172 valence electrons. The molecule has 0 N–H and O–H groups in total. The highest BCUT2D eigenvalue weighted by Gasteiger charge is 2.30. The van der Waals surface area contributed by atoms with Crippen molar-refractivity contribution in [1.29, 1.82) is 0 Å². The Bertz CT molecular complexity index is 1220. The molecule has 0 saturated heterocycles. The number of aromatic nitrogens is 4. The minimum Gasteiger partial charge on any atom is -0.497 e. The maximum absolute atomic E-state index is 13.5. The van der Waals surface area contributed by atoms with Gasteiger partial charge in [0, 0.05) is 38.4 Å². The van der Waals surface area contributed by atoms with Crippen LogP contribution in [0.15, 0.2) is 33.9 Å². The Morgan fingerprint density at radius 2 is 1.91 bits per heavy atom. The van der Waals surface area contributed by atoms with Gasteiger partial charge in [0.15, 0.2) is 11.2 Å². The summed E-state index contributed by atoms with van der Waals surface area (Å²) in [7, 11) is 3.35. The normalized spacial score (nSPS) is 15.9. The van der Waals surface area contributed by atoms with Gasteiger partial charge in [0.1, 0.15) is 5.75 Å². The molecule has 0 saturated carbocycles. The van der Waals surface area contributed by atoms with E-state index in [-0.39, 0.29) is 11.2 Å². The second kappa shape index (κ2) is 9.22. The van der Waals surface area contributed by atoms with Gasteiger partial charge in [-0.05, 0) is 24.5 Å². The van der Waals surface area contributed by atoms with E-state index in [1.807, 2.05) is 28.8 Å². The van der Waals surface area contributed by atoms with Crippen LogP contribution in [-0.2, 0) is 20.1 Å². The minimum atomic E-state index is -0.297. The first-order chi connectivity index (χ1) is 15.5. The van der Waals surface area contributed by atoms with Crippen molar-refractivity contribution < 1.29 is 4.74 Å². The number of hydrogen-bond donors (Lipinski definition) is 0. The van der Waals surface area contributed by atoms with Gasteiger partial charge in [0.05, 0.1) is 7.11 Å². The number of nitrogens with zero attached hydrogens (tertiary/aromatic N) is 5. The second-order valence-electron chi connectivity index (χ2n) is 8.82. The quantitative estimate of drug-likeness (QED) is 0.501. The summed E-state index contributed by atoms with van der Waals surface area (Å²) >= 11 is 0. The molecule has 0 bridgehead atoms. The van der Waals surface area contributed by atoms with E-state index >= 15 is 0 Å². The average molecular weight is 440 g/mol. The Morgan fingerprint density at radius 1 is 1.12 bits per heavy atom. The van der Waals surface area contributed by atoms with Gasteiger partial charge >= 0.3 is 5.69 Å². The SMILES string of the molecule is CCCCCCCn1c(=O)c2c(nc3n2C[C@@H](C)CN3c2cccc(OC)c2)n(C)c1=O. The van der Waals surface area contributed by atoms with Gasteiger partial charge in [-0.3, -0.25) is 13.9 Å². The molecule has 0 unspecified atom stereocenters. The molecule has 3 aromatic rings. The lowest BCUT2D eigenvalue weighted by Crippen LogP contribution is -2.40. The number of hydrogen-bond acceptors (Lipinski definition) is 5. The van der Waals surface area contributed by atoms with E-state index in [2.05, 4.69) is 18.7 Å². The zero-order valence-corrected chi connectivity index (χ0v) is 19.5. The van der Waals surface area contributed by atoms with Gasteiger partial charge in [-0.2, -0.15) is 4.98 Å². The van der Waals surface area contributed by atoms with E-state index in [1.54, 1.807) is 14.2 Å². The van der Waals surface area contributed by atoms with Crippen LogP contribution >= 0.6 is 0 Å². The van der Waals surface area contributed by atoms with Crippen LogP contribution in [0.1, 0.15) is 46.0 Å². The van der Waals surface area contributed by atoms with Crippen LogP contribution in [0.4, 0.5) is 11.6 Å². The predicted molar refractivity (Wildman–Crippen MR) is 127 cm³/mol. The molecule has 8 heteroatoms. The molecule has 8 nitrogen and oxygen atoms in total. The molecule has 32 heavy (non-hydrogen) atoms. The van der Waals surface area contributed by atoms with Crippen molar-refractivity contribution in [3.63, 3.8) is 0 Å². The van der Waals surface area contributed by atoms with Gasteiger partial charge in [-0.25, -0.2) is 4.79 Å². The summed E-state index contributed by atoms with van der Waals surface area (Å²) in [6.45, 7) is 6.25. The number of methoxy groups -OCH3 is 1. The fraction of sp³-hybridized carbons (Fsp3) is 0.542. The van der Waals surface area contributed by atoms with Crippen molar-refractivity contribution in [3.8, 4) is 5.75 Å². The summed E-state index contributed by atoms with van der Waals surface area (Å²) in [6.07, 6.45) is 5.32. The monoisotopic (exact) mass is 439 g/mol. The molecule has 0 fully saturated rings. The Balaban J connectivity index is 1.80. The van der Waals surface area contributed by atoms with Crippen LogP contribution in [0.5, 0.6) is 5.75 Å². The lowest BCUT2D eigenvalue weighted by atomic mass is 10.1. The standard InChI is InChI=1S/C24H33N5O3/c1-5-6-7-8-9-13-27-22(30)20-21(26(3)24(27)31)25-23-28(15-17(2)16-29(20)23)18-11-10-12-19(14-18)32-4/h10-12,14,17H,5-9,13,15-16H2,1-4H3/t17-/m0/s1. The third-order valence-electron chi connectivity index (χ3n) is 6.29. The minimum absolute atomic E-state index is 0.239. The molecule has 0 amide bonds. The Hall–Kier alpha value is -3.03. The van der Waals surface area contributed by atoms with Crippen molar-refractivity contribution in [2.75, 3.05) is 18.6 Å². The first-order valence-corrected chi connectivity index (χ1v) is 11.6. The molecular formula is C24H33N5O3. The first kappa shape index (κ1) is 22.2. The van der Waals surface area contributed by atoms with E-state index in [1.165, 1.54) is 15.6 Å². The van der Waals surface area contributed by atoms with Crippen molar-refractivity contribution >= 4 is 22.8 Å². The number of anilines is 2. The van der Waals surface area contributed by atoms with Crippen molar-refractivity contribution in [3.05, 3.63) is 45.1 Å². The Kier molecular flexibility index (Phi) is 6.39. The van der Waals surface area contributed by atoms with E-state index in [9.17, 15) is 9.59 Å². The Morgan fingerprint density at radius 3 is 2.66 bits per heavy atom. The number of unbranched alkanes of at least 4 members (excludes halogenated alkanes) is 4. The summed E-state index contributed by atoms with van der Waals surface area (Å²) in [6, 6.07) is 7.83. The van der Waals surface area contributed by atoms with Gasteiger partial charge in [0.2, 0.25) is 5.95 Å². The maximum Gasteiger partial charge on any atom is 0.332 e. The molecule has 1 aliphatic heterocycles. The van der Waals surface area contributed by atoms with Crippen LogP contribution in [0.3, 0.4) is 0 Å². The summed E-state index contributed by atoms with van der Waals surface area (Å²) in [4.78, 5) is 33.3. The van der Waals surface area contributed by atoms with Crippen LogP contribution in [-0.4, -0.2) is 32.3 Å². The predicted octanol–water partition coefficient (Wildman–Crippen LogP) is 3.66. The zero-order chi connectivity index (χ0) is 22.8. The van der Waals surface area contributed by atoms with Gasteiger partial charge in [-0.1, -0.05) is 45.6 Å². The van der Waals surface area contributed by atoms with Crippen molar-refractivity contribution in [2.24, 2.45) is 13.0 Å². The van der Waals surface area contributed by atoms with E-state index < -0.39 is 0 Å². The lowest BCUT2D eigenvalue weighted by molar-refractivity contribution is 0.414. The van der Waals surface area contributed by atoms with Gasteiger partial charge in [0.25, 0.3) is 5.56 Å². The number of benzene rings is 1. The van der Waals surface area contributed by atoms with Crippen LogP contribution in [0, 0.1) is 5.92 Å². The third kappa shape index (κ3) is 3.94. The fourth-order valence-corrected chi connectivity index (χ4v) is 4.57. The molecule has 2 aromatic heterocycles. The highest BCUT2D eigenvalue weighted by molar-refractivity contribution is 5.77. The number of aryl methyl sites for hydroxylation is 1. The smallest absolute Gasteiger partial charge is 0.332 e. The highest BCUT2D eigenvalue weighted by Crippen LogP contribution is 2.34. The first-order valence-electron chi connectivity index (χ1n) is 11.6. The second-order valence-corrected chi connectivity index (χ2v) is 8.82. The highest BCUT2D eigenvalue weighted by atomic mass is 16.5. The average Bonchev–Trinajstić information content (AvgIpc) is 3.18. The summed E-state index contributed by atoms with van der Waals surface area (Å²) < 4.78 is 10.3. The molecule has 0 spiro atoms. The molecule has 0 radical (unpaired) electrons. The molecule has 1 aliphatic rings. The topological polar surface area (TPSA) is 74.3 Å². The maximum atomic E-state index is 13.5. The van der Waals surface area contributed by atoms with E-state index in [0.29, 0.717) is 36.1 Å². The number of rotatable bonds is 8. The molecule has 3 heterocycles. The zero-order valence-electron chi connectivity index (χ0n) is 19.5. The van der Waals surface area contributed by atoms with Crippen LogP contribution < -0.4 is 20.9 Å². The van der Waals surface area contributed by atoms with Crippen LogP contribution in [0.2, 0.25) is 0 Å². The van der Waals surface area contributed by atoms with Crippen molar-refractivity contribution in [2.45, 2.75) is 59.0 Å². The number of imidazole rings is 1. The van der Waals surface area contributed by atoms with E-state index in [4.69, 9.17) is 9.72 Å². The molecule has 4 rings (SSSR count). The van der Waals surface area contributed by atoms with Crippen molar-refractivity contribution in [1.82, 2.24) is 18.7 Å². The molecule has 1 atom stereocenters. The fourth-order valence-electron chi connectivity index (χ4n) is 4.57. The van der Waals surface area contributed by atoms with Gasteiger partial charge in [-0.15, -0.1) is 0 Å². The molecule has 1 aromatic carbocycles. The van der Waals surface area contributed by atoms with E-state index in [0.717, 1.165) is 43.7 Å². The Labute approximate surface area is 188 Å². The number of ether oxygens (including phenoxy) is 1. The summed E-state index contributed by atoms with van der Waals surface area (Å²) in [5.74, 6) is 1.77. The molecular weight excluding hydrogens is 406 g/mol. The summed E-state index contributed by atoms with van der Waals surface area (Å²) in [5.41, 5.74) is 1.37. The number of fused-ring (bicyclic) bond motifs is 3. The van der Waals surface area contributed by atoms with Gasteiger partial charge < -0.3 is 14.2 Å². The van der Waals surface area contributed by atoms with Crippen LogP contribution in [0.25, 0.3) is 11.2 Å².